The normalized spacial score (nSPS) is 20.2. The van der Waals surface area contributed by atoms with Gasteiger partial charge in [-0.25, -0.2) is 0 Å². The first-order valence-corrected chi connectivity index (χ1v) is 10.4. The lowest BCUT2D eigenvalue weighted by atomic mass is 9.75. The van der Waals surface area contributed by atoms with Crippen LogP contribution in [0, 0.1) is 5.92 Å². The summed E-state index contributed by atoms with van der Waals surface area (Å²) in [7, 11) is 4.12. The predicted octanol–water partition coefficient (Wildman–Crippen LogP) is 5.55. The molecule has 2 aromatic rings. The Morgan fingerprint density at radius 2 is 1.82 bits per heavy atom. The first-order chi connectivity index (χ1) is 13.4. The van der Waals surface area contributed by atoms with Gasteiger partial charge in [-0.3, -0.25) is 4.99 Å². The van der Waals surface area contributed by atoms with Crippen LogP contribution in [0.15, 0.2) is 59.6 Å². The number of rotatable bonds is 7. The molecule has 28 heavy (non-hydrogen) atoms. The minimum atomic E-state index is -0.0204. The van der Waals surface area contributed by atoms with Crippen LogP contribution in [-0.2, 0) is 4.74 Å². The molecule has 150 valence electrons. The Hall–Kier alpha value is -2.13. The molecule has 0 amide bonds. The summed E-state index contributed by atoms with van der Waals surface area (Å²) in [6.45, 7) is 6.16. The Labute approximate surface area is 170 Å². The Bertz CT molecular complexity index is 750. The van der Waals surface area contributed by atoms with E-state index < -0.39 is 0 Å². The van der Waals surface area contributed by atoms with Gasteiger partial charge < -0.3 is 9.64 Å². The number of benzene rings is 2. The van der Waals surface area contributed by atoms with Crippen molar-refractivity contribution in [2.45, 2.75) is 44.6 Å². The standard InChI is InChI=1S/C25H34N2O/c1-25(2)18-22(15-17-28-25)24(21-8-6-5-7-9-21)14-16-26-19-20-10-12-23(13-11-20)27(3)4/h5-13,19,22,24H,14-18H2,1-4H3/t22-,24-/m0/s1. The number of hydrogen-bond acceptors (Lipinski definition) is 3. The van der Waals surface area contributed by atoms with Crippen molar-refractivity contribution in [2.24, 2.45) is 10.9 Å². The van der Waals surface area contributed by atoms with E-state index in [1.165, 1.54) is 11.3 Å². The number of anilines is 1. The quantitative estimate of drug-likeness (QED) is 0.590. The van der Waals surface area contributed by atoms with Crippen molar-refractivity contribution in [1.82, 2.24) is 0 Å². The summed E-state index contributed by atoms with van der Waals surface area (Å²) < 4.78 is 5.96. The highest BCUT2D eigenvalue weighted by Gasteiger charge is 2.33. The average molecular weight is 379 g/mol. The van der Waals surface area contributed by atoms with E-state index in [9.17, 15) is 0 Å². The van der Waals surface area contributed by atoms with Crippen molar-refractivity contribution in [3.8, 4) is 0 Å². The van der Waals surface area contributed by atoms with Gasteiger partial charge in [0.25, 0.3) is 0 Å². The topological polar surface area (TPSA) is 24.8 Å². The molecule has 2 atom stereocenters. The van der Waals surface area contributed by atoms with Crippen molar-refractivity contribution >= 4 is 11.9 Å². The second-order valence-corrected chi connectivity index (χ2v) is 8.69. The Balaban J connectivity index is 1.65. The smallest absolute Gasteiger partial charge is 0.0629 e. The van der Waals surface area contributed by atoms with Crippen molar-refractivity contribution in [2.75, 3.05) is 32.1 Å². The highest BCUT2D eigenvalue weighted by Crippen LogP contribution is 2.39. The molecule has 1 aliphatic rings. The van der Waals surface area contributed by atoms with Crippen LogP contribution in [0.4, 0.5) is 5.69 Å². The highest BCUT2D eigenvalue weighted by atomic mass is 16.5. The SMILES string of the molecule is CN(C)c1ccc(C=NCC[C@@H](c2ccccc2)[C@H]2CCOC(C)(C)C2)cc1. The van der Waals surface area contributed by atoms with Gasteiger partial charge in [0.2, 0.25) is 0 Å². The predicted molar refractivity (Wildman–Crippen MR) is 120 cm³/mol. The second-order valence-electron chi connectivity index (χ2n) is 8.69. The second kappa shape index (κ2) is 9.38. The molecular weight excluding hydrogens is 344 g/mol. The third-order valence-electron chi connectivity index (χ3n) is 5.75. The summed E-state index contributed by atoms with van der Waals surface area (Å²) >= 11 is 0. The largest absolute Gasteiger partial charge is 0.378 e. The summed E-state index contributed by atoms with van der Waals surface area (Å²) in [6.07, 6.45) is 5.34. The molecule has 0 bridgehead atoms. The van der Waals surface area contributed by atoms with Gasteiger partial charge in [0.1, 0.15) is 0 Å². The van der Waals surface area contributed by atoms with Crippen LogP contribution >= 0.6 is 0 Å². The van der Waals surface area contributed by atoms with E-state index in [0.29, 0.717) is 11.8 Å². The van der Waals surface area contributed by atoms with E-state index in [1.54, 1.807) is 0 Å². The minimum absolute atomic E-state index is 0.0204. The molecule has 1 saturated heterocycles. The molecule has 2 aromatic carbocycles. The number of ether oxygens (including phenoxy) is 1. The molecule has 0 aromatic heterocycles. The maximum absolute atomic E-state index is 5.96. The number of aliphatic imine (C=N–C) groups is 1. The van der Waals surface area contributed by atoms with Gasteiger partial charge in [0.15, 0.2) is 0 Å². The Morgan fingerprint density at radius 3 is 2.46 bits per heavy atom. The fourth-order valence-electron chi connectivity index (χ4n) is 4.24. The first-order valence-electron chi connectivity index (χ1n) is 10.4. The lowest BCUT2D eigenvalue weighted by Crippen LogP contribution is -2.36. The van der Waals surface area contributed by atoms with Crippen LogP contribution in [0.3, 0.4) is 0 Å². The molecule has 0 spiro atoms. The molecular formula is C25H34N2O. The third-order valence-corrected chi connectivity index (χ3v) is 5.75. The van der Waals surface area contributed by atoms with Gasteiger partial charge in [0, 0.05) is 39.1 Å². The molecule has 0 unspecified atom stereocenters. The maximum Gasteiger partial charge on any atom is 0.0629 e. The van der Waals surface area contributed by atoms with E-state index in [1.807, 2.05) is 6.21 Å². The van der Waals surface area contributed by atoms with E-state index in [0.717, 1.165) is 38.0 Å². The lowest BCUT2D eigenvalue weighted by molar-refractivity contribution is -0.0771. The lowest BCUT2D eigenvalue weighted by Gasteiger charge is -2.39. The molecule has 3 rings (SSSR count). The highest BCUT2D eigenvalue weighted by molar-refractivity contribution is 5.80. The molecule has 0 saturated carbocycles. The van der Waals surface area contributed by atoms with Gasteiger partial charge >= 0.3 is 0 Å². The van der Waals surface area contributed by atoms with Crippen molar-refractivity contribution in [1.29, 1.82) is 0 Å². The van der Waals surface area contributed by atoms with E-state index in [4.69, 9.17) is 9.73 Å². The summed E-state index contributed by atoms with van der Waals surface area (Å²) in [6, 6.07) is 19.5. The zero-order valence-electron chi connectivity index (χ0n) is 17.8. The number of hydrogen-bond donors (Lipinski definition) is 0. The minimum Gasteiger partial charge on any atom is -0.378 e. The summed E-state index contributed by atoms with van der Waals surface area (Å²) in [5.74, 6) is 1.19. The third kappa shape index (κ3) is 5.68. The fraction of sp³-hybridized carbons (Fsp3) is 0.480. The van der Waals surface area contributed by atoms with Crippen LogP contribution in [0.5, 0.6) is 0 Å². The zero-order chi connectivity index (χ0) is 20.0. The van der Waals surface area contributed by atoms with Crippen molar-refractivity contribution in [3.63, 3.8) is 0 Å². The summed E-state index contributed by atoms with van der Waals surface area (Å²) in [5.41, 5.74) is 3.79. The molecule has 1 heterocycles. The maximum atomic E-state index is 5.96. The molecule has 0 N–H and O–H groups in total. The van der Waals surface area contributed by atoms with E-state index in [-0.39, 0.29) is 5.60 Å². The average Bonchev–Trinajstić information content (AvgIpc) is 2.68. The van der Waals surface area contributed by atoms with Gasteiger partial charge in [-0.1, -0.05) is 42.5 Å². The molecule has 1 fully saturated rings. The molecule has 0 aliphatic carbocycles. The van der Waals surface area contributed by atoms with Crippen molar-refractivity contribution < 1.29 is 4.74 Å². The van der Waals surface area contributed by atoms with Crippen LogP contribution < -0.4 is 4.90 Å². The van der Waals surface area contributed by atoms with Crippen LogP contribution in [0.1, 0.15) is 50.2 Å². The molecule has 3 heteroatoms. The fourth-order valence-corrected chi connectivity index (χ4v) is 4.24. The van der Waals surface area contributed by atoms with Crippen LogP contribution in [-0.4, -0.2) is 39.1 Å². The van der Waals surface area contributed by atoms with Gasteiger partial charge in [-0.2, -0.15) is 0 Å². The van der Waals surface area contributed by atoms with E-state index in [2.05, 4.69) is 87.4 Å². The van der Waals surface area contributed by atoms with Gasteiger partial charge in [-0.15, -0.1) is 0 Å². The monoisotopic (exact) mass is 378 g/mol. The Kier molecular flexibility index (Phi) is 6.90. The van der Waals surface area contributed by atoms with E-state index >= 15 is 0 Å². The molecule has 3 nitrogen and oxygen atoms in total. The first kappa shape index (κ1) is 20.6. The van der Waals surface area contributed by atoms with Gasteiger partial charge in [0.05, 0.1) is 5.60 Å². The summed E-state index contributed by atoms with van der Waals surface area (Å²) in [5, 5.41) is 0. The van der Waals surface area contributed by atoms with Gasteiger partial charge in [-0.05, 0) is 68.2 Å². The summed E-state index contributed by atoms with van der Waals surface area (Å²) in [4.78, 5) is 6.85. The van der Waals surface area contributed by atoms with Crippen molar-refractivity contribution in [3.05, 3.63) is 65.7 Å². The number of nitrogens with zero attached hydrogens (tertiary/aromatic N) is 2. The Morgan fingerprint density at radius 1 is 1.11 bits per heavy atom. The van der Waals surface area contributed by atoms with Crippen LogP contribution in [0.25, 0.3) is 0 Å². The van der Waals surface area contributed by atoms with Crippen LogP contribution in [0.2, 0.25) is 0 Å². The molecule has 0 radical (unpaired) electrons. The zero-order valence-corrected chi connectivity index (χ0v) is 17.8. The molecule has 1 aliphatic heterocycles.